The molecule has 1 unspecified atom stereocenters. The van der Waals surface area contributed by atoms with Crippen LogP contribution in [-0.4, -0.2) is 22.9 Å². The number of hydrogen-bond acceptors (Lipinski definition) is 2. The molecule has 0 fully saturated rings. The lowest BCUT2D eigenvalue weighted by Crippen LogP contribution is -2.31. The van der Waals surface area contributed by atoms with Crippen LogP contribution in [-0.2, 0) is 0 Å². The van der Waals surface area contributed by atoms with Crippen molar-refractivity contribution in [2.24, 2.45) is 5.92 Å². The van der Waals surface area contributed by atoms with E-state index in [1.807, 2.05) is 20.8 Å². The Labute approximate surface area is 69.2 Å². The van der Waals surface area contributed by atoms with Crippen molar-refractivity contribution in [1.82, 2.24) is 5.06 Å². The molecule has 1 N–H and O–H groups in total. The van der Waals surface area contributed by atoms with E-state index in [-0.39, 0.29) is 6.04 Å². The quantitative estimate of drug-likeness (QED) is 0.494. The zero-order valence-corrected chi connectivity index (χ0v) is 7.54. The molecule has 11 heavy (non-hydrogen) atoms. The topological polar surface area (TPSA) is 23.5 Å². The third-order valence-corrected chi connectivity index (χ3v) is 1.56. The van der Waals surface area contributed by atoms with E-state index in [2.05, 4.69) is 5.92 Å². The molecule has 2 nitrogen and oxygen atoms in total. The Kier molecular flexibility index (Phi) is 4.93. The molecule has 0 aliphatic rings. The monoisotopic (exact) mass is 155 g/mol. The van der Waals surface area contributed by atoms with Crippen molar-refractivity contribution in [1.29, 1.82) is 0 Å². The van der Waals surface area contributed by atoms with Crippen molar-refractivity contribution in [2.75, 3.05) is 6.54 Å². The molecule has 0 radical (unpaired) electrons. The normalized spacial score (nSPS) is 13.5. The van der Waals surface area contributed by atoms with Crippen LogP contribution in [0.2, 0.25) is 0 Å². The summed E-state index contributed by atoms with van der Waals surface area (Å²) in [5.74, 6) is 2.94. The highest BCUT2D eigenvalue weighted by atomic mass is 16.5. The third-order valence-electron chi connectivity index (χ3n) is 1.56. The van der Waals surface area contributed by atoms with Gasteiger partial charge in [0, 0.05) is 19.0 Å². The van der Waals surface area contributed by atoms with Gasteiger partial charge in [0.25, 0.3) is 0 Å². The summed E-state index contributed by atoms with van der Waals surface area (Å²) in [4.78, 5) is 0. The van der Waals surface area contributed by atoms with Gasteiger partial charge < -0.3 is 5.21 Å². The Hall–Kier alpha value is -0.520. The average Bonchev–Trinajstić information content (AvgIpc) is 1.87. The summed E-state index contributed by atoms with van der Waals surface area (Å²) < 4.78 is 0. The van der Waals surface area contributed by atoms with Gasteiger partial charge in [0.15, 0.2) is 0 Å². The summed E-state index contributed by atoms with van der Waals surface area (Å²) in [6, 6.07) is 0.176. The summed E-state index contributed by atoms with van der Waals surface area (Å²) in [6.45, 7) is 6.58. The molecule has 0 aliphatic carbocycles. The van der Waals surface area contributed by atoms with Gasteiger partial charge in [-0.25, -0.2) is 0 Å². The Morgan fingerprint density at radius 3 is 2.36 bits per heavy atom. The van der Waals surface area contributed by atoms with Crippen LogP contribution in [0.25, 0.3) is 0 Å². The summed E-state index contributed by atoms with van der Waals surface area (Å²) in [5.41, 5.74) is 0. The molecule has 0 rings (SSSR count). The van der Waals surface area contributed by atoms with E-state index in [0.717, 1.165) is 6.42 Å². The molecule has 0 aromatic rings. The second-order valence-corrected chi connectivity index (χ2v) is 3.23. The van der Waals surface area contributed by atoms with Crippen molar-refractivity contribution in [3.8, 4) is 12.3 Å². The molecule has 0 bridgehead atoms. The number of nitrogens with zero attached hydrogens (tertiary/aromatic N) is 1. The summed E-state index contributed by atoms with van der Waals surface area (Å²) in [6.07, 6.45) is 5.86. The first-order valence-corrected chi connectivity index (χ1v) is 3.97. The summed E-state index contributed by atoms with van der Waals surface area (Å²) in [5, 5.41) is 10.6. The number of rotatable bonds is 4. The van der Waals surface area contributed by atoms with Gasteiger partial charge in [-0.2, -0.15) is 5.06 Å². The highest BCUT2D eigenvalue weighted by Crippen LogP contribution is 2.04. The Morgan fingerprint density at radius 1 is 1.45 bits per heavy atom. The summed E-state index contributed by atoms with van der Waals surface area (Å²) >= 11 is 0. The van der Waals surface area contributed by atoms with E-state index in [4.69, 9.17) is 6.42 Å². The first kappa shape index (κ1) is 10.5. The average molecular weight is 155 g/mol. The fraction of sp³-hybridized carbons (Fsp3) is 0.778. The van der Waals surface area contributed by atoms with Crippen LogP contribution in [0.4, 0.5) is 0 Å². The van der Waals surface area contributed by atoms with E-state index in [9.17, 15) is 5.21 Å². The van der Waals surface area contributed by atoms with Crippen molar-refractivity contribution in [3.63, 3.8) is 0 Å². The zero-order chi connectivity index (χ0) is 8.85. The minimum Gasteiger partial charge on any atom is -0.314 e. The molecule has 0 saturated heterocycles. The highest BCUT2D eigenvalue weighted by Gasteiger charge is 2.09. The van der Waals surface area contributed by atoms with Crippen molar-refractivity contribution in [2.45, 2.75) is 33.2 Å². The Bertz CT molecular complexity index is 137. The predicted molar refractivity (Wildman–Crippen MR) is 46.2 cm³/mol. The van der Waals surface area contributed by atoms with E-state index < -0.39 is 0 Å². The maximum absolute atomic E-state index is 9.29. The molecule has 0 saturated carbocycles. The predicted octanol–water partition coefficient (Wildman–Crippen LogP) is 1.75. The number of hydrogen-bond donors (Lipinski definition) is 1. The molecule has 0 amide bonds. The lowest BCUT2D eigenvalue weighted by Gasteiger charge is -2.21. The van der Waals surface area contributed by atoms with Crippen LogP contribution >= 0.6 is 0 Å². The van der Waals surface area contributed by atoms with Gasteiger partial charge in [-0.05, 0) is 19.8 Å². The number of terminal acetylenes is 1. The maximum atomic E-state index is 9.29. The van der Waals surface area contributed by atoms with Crippen molar-refractivity contribution >= 4 is 0 Å². The van der Waals surface area contributed by atoms with Crippen LogP contribution in [0.3, 0.4) is 0 Å². The van der Waals surface area contributed by atoms with Gasteiger partial charge in [0.2, 0.25) is 0 Å². The minimum atomic E-state index is 0.176. The molecule has 64 valence electrons. The van der Waals surface area contributed by atoms with Crippen LogP contribution in [0.5, 0.6) is 0 Å². The van der Waals surface area contributed by atoms with Crippen molar-refractivity contribution in [3.05, 3.63) is 0 Å². The van der Waals surface area contributed by atoms with Gasteiger partial charge >= 0.3 is 0 Å². The van der Waals surface area contributed by atoms with Gasteiger partial charge in [-0.1, -0.05) is 6.92 Å². The van der Waals surface area contributed by atoms with Gasteiger partial charge in [0.1, 0.15) is 0 Å². The molecule has 2 heteroatoms. The van der Waals surface area contributed by atoms with Crippen LogP contribution in [0.1, 0.15) is 27.2 Å². The minimum absolute atomic E-state index is 0.176. The van der Waals surface area contributed by atoms with Gasteiger partial charge in [0.05, 0.1) is 0 Å². The second kappa shape index (κ2) is 5.17. The smallest absolute Gasteiger partial charge is 0.0293 e. The lowest BCUT2D eigenvalue weighted by molar-refractivity contribution is -0.124. The van der Waals surface area contributed by atoms with Gasteiger partial charge in [-0.15, -0.1) is 12.3 Å². The van der Waals surface area contributed by atoms with E-state index in [0.29, 0.717) is 12.5 Å². The largest absolute Gasteiger partial charge is 0.314 e. The van der Waals surface area contributed by atoms with E-state index in [1.54, 1.807) is 0 Å². The molecular formula is C9H17NO. The fourth-order valence-electron chi connectivity index (χ4n) is 0.796. The molecule has 0 aromatic carbocycles. The number of hydroxylamine groups is 2. The molecule has 0 aliphatic heterocycles. The first-order valence-electron chi connectivity index (χ1n) is 3.97. The SMILES string of the molecule is C#CCC(C)CN(O)C(C)C. The molecule has 0 heterocycles. The molecule has 0 spiro atoms. The Morgan fingerprint density at radius 2 is 2.00 bits per heavy atom. The second-order valence-electron chi connectivity index (χ2n) is 3.23. The van der Waals surface area contributed by atoms with Crippen molar-refractivity contribution < 1.29 is 5.21 Å². The van der Waals surface area contributed by atoms with Gasteiger partial charge in [-0.3, -0.25) is 0 Å². The first-order chi connectivity index (χ1) is 5.07. The Balaban J connectivity index is 3.58. The van der Waals surface area contributed by atoms with Crippen LogP contribution in [0.15, 0.2) is 0 Å². The standard InChI is InChI=1S/C9H17NO/c1-5-6-9(4)7-10(11)8(2)3/h1,8-9,11H,6-7H2,2-4H3. The highest BCUT2D eigenvalue weighted by molar-refractivity contribution is 4.86. The zero-order valence-electron chi connectivity index (χ0n) is 7.54. The van der Waals surface area contributed by atoms with E-state index in [1.165, 1.54) is 5.06 Å². The van der Waals surface area contributed by atoms with Crippen LogP contribution < -0.4 is 0 Å². The molecule has 0 aromatic heterocycles. The fourth-order valence-corrected chi connectivity index (χ4v) is 0.796. The molecule has 1 atom stereocenters. The van der Waals surface area contributed by atoms with E-state index >= 15 is 0 Å². The summed E-state index contributed by atoms with van der Waals surface area (Å²) in [7, 11) is 0. The molecular weight excluding hydrogens is 138 g/mol. The van der Waals surface area contributed by atoms with Crippen LogP contribution in [0, 0.1) is 18.3 Å². The maximum Gasteiger partial charge on any atom is 0.0293 e. The lowest BCUT2D eigenvalue weighted by atomic mass is 10.1. The third kappa shape index (κ3) is 4.83.